The summed E-state index contributed by atoms with van der Waals surface area (Å²) in [5.41, 5.74) is -0.435. The fourth-order valence-electron chi connectivity index (χ4n) is 4.28. The Kier molecular flexibility index (Phi) is 6.23. The number of nitrogens with zero attached hydrogens (tertiary/aromatic N) is 2. The van der Waals surface area contributed by atoms with E-state index in [1.807, 2.05) is 13.8 Å². The Morgan fingerprint density at radius 2 is 1.60 bits per heavy atom. The minimum atomic E-state index is -4.75. The van der Waals surface area contributed by atoms with Gasteiger partial charge in [-0.1, -0.05) is 26.0 Å². The van der Waals surface area contributed by atoms with Crippen LogP contribution in [0.15, 0.2) is 24.3 Å². The largest absolute Gasteiger partial charge is 0.418 e. The zero-order chi connectivity index (χ0) is 22.3. The third-order valence-electron chi connectivity index (χ3n) is 5.96. The van der Waals surface area contributed by atoms with Crippen LogP contribution in [0.4, 0.5) is 18.9 Å². The lowest BCUT2D eigenvalue weighted by atomic mass is 9.77. The van der Waals surface area contributed by atoms with E-state index in [1.54, 1.807) is 4.90 Å². The summed E-state index contributed by atoms with van der Waals surface area (Å²) in [5, 5.41) is 9.35. The summed E-state index contributed by atoms with van der Waals surface area (Å²) < 4.78 is 64.4. The lowest BCUT2D eigenvalue weighted by Gasteiger charge is -2.37. The minimum absolute atomic E-state index is 0.0216. The molecule has 168 valence electrons. The predicted molar refractivity (Wildman–Crippen MR) is 106 cm³/mol. The first-order valence-corrected chi connectivity index (χ1v) is 11.6. The van der Waals surface area contributed by atoms with Crippen LogP contribution in [0.5, 0.6) is 0 Å². The normalized spacial score (nSPS) is 21.6. The number of rotatable bonds is 5. The second-order valence-electron chi connectivity index (χ2n) is 8.59. The molecule has 2 fully saturated rings. The van der Waals surface area contributed by atoms with Gasteiger partial charge < -0.3 is 10.0 Å². The zero-order valence-corrected chi connectivity index (χ0v) is 17.8. The van der Waals surface area contributed by atoms with Crippen molar-refractivity contribution >= 4 is 21.6 Å². The van der Waals surface area contributed by atoms with E-state index in [-0.39, 0.29) is 23.1 Å². The molecule has 2 heterocycles. The zero-order valence-electron chi connectivity index (χ0n) is 17.0. The molecule has 6 nitrogen and oxygen atoms in total. The highest BCUT2D eigenvalue weighted by Crippen LogP contribution is 2.44. The standard InChI is InChI=1S/C20H27F3N2O4S/c1-14(2)13-30(28,29)24-10-7-19(8-11-24)9-12-25(18(19)27)16-5-3-15(4-6-16)17(26)20(21,22)23/h3-6,14,17,26H,7-13H2,1-2H3. The molecule has 0 bridgehead atoms. The van der Waals surface area contributed by atoms with Gasteiger partial charge in [-0.15, -0.1) is 0 Å². The van der Waals surface area contributed by atoms with Crippen LogP contribution in [-0.2, 0) is 14.8 Å². The van der Waals surface area contributed by atoms with Crippen LogP contribution in [0.25, 0.3) is 0 Å². The maximum absolute atomic E-state index is 13.1. The molecule has 1 aromatic rings. The maximum atomic E-state index is 13.1. The summed E-state index contributed by atoms with van der Waals surface area (Å²) in [6.07, 6.45) is -5.87. The molecule has 1 amide bonds. The number of alkyl halides is 3. The number of benzene rings is 1. The van der Waals surface area contributed by atoms with Crippen molar-refractivity contribution in [2.24, 2.45) is 11.3 Å². The van der Waals surface area contributed by atoms with E-state index < -0.39 is 27.7 Å². The molecular weight excluding hydrogens is 421 g/mol. The summed E-state index contributed by atoms with van der Waals surface area (Å²) in [6, 6.07) is 5.16. The van der Waals surface area contributed by atoms with E-state index in [0.29, 0.717) is 44.6 Å². The number of amides is 1. The number of sulfonamides is 1. The molecule has 0 aliphatic carbocycles. The van der Waals surface area contributed by atoms with Gasteiger partial charge in [0, 0.05) is 25.3 Å². The van der Waals surface area contributed by atoms with Crippen molar-refractivity contribution in [1.82, 2.24) is 4.31 Å². The third kappa shape index (κ3) is 4.50. The van der Waals surface area contributed by atoms with Crippen molar-refractivity contribution in [3.63, 3.8) is 0 Å². The summed E-state index contributed by atoms with van der Waals surface area (Å²) in [7, 11) is -3.34. The molecule has 1 atom stereocenters. The van der Waals surface area contributed by atoms with Crippen LogP contribution < -0.4 is 4.90 Å². The van der Waals surface area contributed by atoms with Crippen molar-refractivity contribution in [1.29, 1.82) is 0 Å². The number of carbonyl (C=O) groups is 1. The van der Waals surface area contributed by atoms with Crippen LogP contribution >= 0.6 is 0 Å². The molecule has 1 spiro atoms. The Morgan fingerprint density at radius 3 is 2.10 bits per heavy atom. The van der Waals surface area contributed by atoms with Gasteiger partial charge in [0.2, 0.25) is 15.9 Å². The molecule has 30 heavy (non-hydrogen) atoms. The van der Waals surface area contributed by atoms with Crippen LogP contribution in [0.1, 0.15) is 44.8 Å². The average Bonchev–Trinajstić information content (AvgIpc) is 2.96. The second kappa shape index (κ2) is 8.12. The number of aliphatic hydroxyl groups is 1. The van der Waals surface area contributed by atoms with E-state index in [2.05, 4.69) is 0 Å². The lowest BCUT2D eigenvalue weighted by Crippen LogP contribution is -2.47. The monoisotopic (exact) mass is 448 g/mol. The van der Waals surface area contributed by atoms with Gasteiger partial charge in [-0.05, 0) is 42.9 Å². The van der Waals surface area contributed by atoms with E-state index in [0.717, 1.165) is 0 Å². The number of piperidine rings is 1. The highest BCUT2D eigenvalue weighted by atomic mass is 32.2. The lowest BCUT2D eigenvalue weighted by molar-refractivity contribution is -0.206. The van der Waals surface area contributed by atoms with Gasteiger partial charge in [-0.25, -0.2) is 12.7 Å². The molecule has 1 unspecified atom stereocenters. The molecule has 2 aliphatic rings. The van der Waals surface area contributed by atoms with Crippen LogP contribution in [0.2, 0.25) is 0 Å². The Hall–Kier alpha value is -1.65. The van der Waals surface area contributed by atoms with Gasteiger partial charge in [0.25, 0.3) is 0 Å². The third-order valence-corrected chi connectivity index (χ3v) is 8.20. The molecule has 3 rings (SSSR count). The molecule has 2 aliphatic heterocycles. The smallest absolute Gasteiger partial charge is 0.379 e. The summed E-state index contributed by atoms with van der Waals surface area (Å²) >= 11 is 0. The molecule has 0 saturated carbocycles. The van der Waals surface area contributed by atoms with E-state index in [9.17, 15) is 31.5 Å². The number of hydrogen-bond donors (Lipinski definition) is 1. The number of carbonyl (C=O) groups excluding carboxylic acids is 1. The molecule has 10 heteroatoms. The van der Waals surface area contributed by atoms with Crippen molar-refractivity contribution < 1.29 is 31.5 Å². The highest BCUT2D eigenvalue weighted by Gasteiger charge is 2.49. The SMILES string of the molecule is CC(C)CS(=O)(=O)N1CCC2(CCN(c3ccc(C(O)C(F)(F)F)cc3)C2=O)CC1. The Labute approximate surface area is 174 Å². The maximum Gasteiger partial charge on any atom is 0.418 e. The number of halogens is 3. The van der Waals surface area contributed by atoms with Crippen LogP contribution in [0, 0.1) is 11.3 Å². The van der Waals surface area contributed by atoms with Crippen molar-refractivity contribution in [2.75, 3.05) is 30.3 Å². The summed E-state index contributed by atoms with van der Waals surface area (Å²) in [4.78, 5) is 14.7. The first kappa shape index (κ1) is 23.0. The average molecular weight is 449 g/mol. The van der Waals surface area contributed by atoms with Crippen LogP contribution in [0.3, 0.4) is 0 Å². The molecule has 0 aromatic heterocycles. The van der Waals surface area contributed by atoms with Crippen LogP contribution in [-0.4, -0.2) is 55.3 Å². The van der Waals surface area contributed by atoms with E-state index >= 15 is 0 Å². The Morgan fingerprint density at radius 1 is 1.07 bits per heavy atom. The number of hydrogen-bond acceptors (Lipinski definition) is 4. The molecule has 2 saturated heterocycles. The van der Waals surface area contributed by atoms with E-state index in [1.165, 1.54) is 28.6 Å². The van der Waals surface area contributed by atoms with Gasteiger partial charge in [0.15, 0.2) is 6.10 Å². The van der Waals surface area contributed by atoms with Crippen molar-refractivity contribution in [3.05, 3.63) is 29.8 Å². The van der Waals surface area contributed by atoms with Gasteiger partial charge in [0.1, 0.15) is 0 Å². The first-order valence-electron chi connectivity index (χ1n) is 10.0. The number of aliphatic hydroxyl groups excluding tert-OH is 1. The second-order valence-corrected chi connectivity index (χ2v) is 10.6. The Balaban J connectivity index is 1.68. The fourth-order valence-corrected chi connectivity index (χ4v) is 6.07. The molecular formula is C20H27F3N2O4S. The van der Waals surface area contributed by atoms with Gasteiger partial charge in [0.05, 0.1) is 11.2 Å². The Bertz CT molecular complexity index is 876. The van der Waals surface area contributed by atoms with Gasteiger partial charge in [-0.2, -0.15) is 13.2 Å². The van der Waals surface area contributed by atoms with Gasteiger partial charge in [-0.3, -0.25) is 4.79 Å². The summed E-state index contributed by atoms with van der Waals surface area (Å²) in [6.45, 7) is 4.72. The number of anilines is 1. The minimum Gasteiger partial charge on any atom is -0.379 e. The van der Waals surface area contributed by atoms with Crippen molar-refractivity contribution in [2.45, 2.75) is 45.4 Å². The van der Waals surface area contributed by atoms with E-state index in [4.69, 9.17) is 0 Å². The van der Waals surface area contributed by atoms with Gasteiger partial charge >= 0.3 is 6.18 Å². The molecule has 1 aromatic carbocycles. The topological polar surface area (TPSA) is 77.9 Å². The first-order chi connectivity index (χ1) is 13.9. The quantitative estimate of drug-likeness (QED) is 0.751. The summed E-state index contributed by atoms with van der Waals surface area (Å²) in [5.74, 6) is -0.0169. The molecule has 0 radical (unpaired) electrons. The highest BCUT2D eigenvalue weighted by molar-refractivity contribution is 7.89. The molecule has 1 N–H and O–H groups in total. The van der Waals surface area contributed by atoms with Crippen molar-refractivity contribution in [3.8, 4) is 0 Å². The fraction of sp³-hybridized carbons (Fsp3) is 0.650. The predicted octanol–water partition coefficient (Wildman–Crippen LogP) is 3.09.